The molecule has 164 valence electrons. The van der Waals surface area contributed by atoms with Crippen molar-refractivity contribution in [3.63, 3.8) is 0 Å². The molecule has 0 radical (unpaired) electrons. The van der Waals surface area contributed by atoms with Gasteiger partial charge in [-0.25, -0.2) is 13.2 Å². The molecular weight excluding hydrogens is 410 g/mol. The van der Waals surface area contributed by atoms with Crippen molar-refractivity contribution in [1.82, 2.24) is 4.90 Å². The molecule has 1 aliphatic rings. The maximum Gasteiger partial charge on any atom is 0.375 e. The number of fused-ring (bicyclic) bond motifs is 1. The lowest BCUT2D eigenvalue weighted by molar-refractivity contribution is -0.136. The highest BCUT2D eigenvalue weighted by molar-refractivity contribution is 7.91. The minimum absolute atomic E-state index is 0.00871. The predicted molar refractivity (Wildman–Crippen MR) is 111 cm³/mol. The standard InChI is InChI=1S/C21H27NO7S/c1-3-4-10-22(15-9-11-30(25,26)14-15)19(23)13-28-21(24)20-17(12-27-2)16-7-5-6-8-18(16)29-20/h5-8,15H,3-4,9-14H2,1-2H3. The van der Waals surface area contributed by atoms with Crippen molar-refractivity contribution in [3.05, 3.63) is 35.6 Å². The summed E-state index contributed by atoms with van der Waals surface area (Å²) in [7, 11) is -1.62. The fraction of sp³-hybridized carbons (Fsp3) is 0.524. The van der Waals surface area contributed by atoms with E-state index in [1.807, 2.05) is 19.1 Å². The minimum atomic E-state index is -3.13. The van der Waals surface area contributed by atoms with Crippen LogP contribution < -0.4 is 0 Å². The van der Waals surface area contributed by atoms with Crippen LogP contribution in [0.5, 0.6) is 0 Å². The van der Waals surface area contributed by atoms with Gasteiger partial charge in [-0.1, -0.05) is 31.5 Å². The van der Waals surface area contributed by atoms with Crippen LogP contribution in [0.3, 0.4) is 0 Å². The molecule has 8 nitrogen and oxygen atoms in total. The molecule has 2 aromatic rings. The highest BCUT2D eigenvalue weighted by Gasteiger charge is 2.35. The molecule has 0 spiro atoms. The number of methoxy groups -OCH3 is 1. The fourth-order valence-electron chi connectivity index (χ4n) is 3.69. The van der Waals surface area contributed by atoms with Crippen LogP contribution in [0.25, 0.3) is 11.0 Å². The van der Waals surface area contributed by atoms with Gasteiger partial charge in [-0.15, -0.1) is 0 Å². The van der Waals surface area contributed by atoms with Gasteiger partial charge in [-0.3, -0.25) is 4.79 Å². The van der Waals surface area contributed by atoms with Crippen LogP contribution in [0.2, 0.25) is 0 Å². The van der Waals surface area contributed by atoms with Crippen molar-refractivity contribution in [3.8, 4) is 0 Å². The Balaban J connectivity index is 1.71. The first-order valence-electron chi connectivity index (χ1n) is 10.0. The van der Waals surface area contributed by atoms with E-state index in [0.717, 1.165) is 18.2 Å². The number of esters is 1. The third-order valence-corrected chi connectivity index (χ3v) is 6.97. The van der Waals surface area contributed by atoms with E-state index in [-0.39, 0.29) is 29.9 Å². The van der Waals surface area contributed by atoms with Gasteiger partial charge in [0.25, 0.3) is 5.91 Å². The lowest BCUT2D eigenvalue weighted by atomic mass is 10.1. The number of rotatable bonds is 9. The number of para-hydroxylation sites is 1. The Bertz CT molecular complexity index is 1010. The van der Waals surface area contributed by atoms with Gasteiger partial charge in [0.2, 0.25) is 5.76 Å². The Kier molecular flexibility index (Phi) is 7.14. The van der Waals surface area contributed by atoms with Crippen molar-refractivity contribution in [2.45, 2.75) is 38.8 Å². The second-order valence-electron chi connectivity index (χ2n) is 7.41. The highest BCUT2D eigenvalue weighted by Crippen LogP contribution is 2.27. The van der Waals surface area contributed by atoms with Crippen LogP contribution in [-0.4, -0.2) is 63.0 Å². The average Bonchev–Trinajstić information content (AvgIpc) is 3.27. The quantitative estimate of drug-likeness (QED) is 0.555. The minimum Gasteiger partial charge on any atom is -0.450 e. The molecule has 1 aromatic carbocycles. The Morgan fingerprint density at radius 3 is 2.70 bits per heavy atom. The average molecular weight is 438 g/mol. The number of carbonyl (C=O) groups is 2. The number of sulfone groups is 1. The highest BCUT2D eigenvalue weighted by atomic mass is 32.2. The number of carbonyl (C=O) groups excluding carboxylic acids is 2. The predicted octanol–water partition coefficient (Wildman–Crippen LogP) is 2.55. The molecule has 1 amide bonds. The van der Waals surface area contributed by atoms with E-state index in [1.165, 1.54) is 12.0 Å². The zero-order chi connectivity index (χ0) is 21.7. The third kappa shape index (κ3) is 5.02. The van der Waals surface area contributed by atoms with Gasteiger partial charge in [0.15, 0.2) is 16.4 Å². The summed E-state index contributed by atoms with van der Waals surface area (Å²) < 4.78 is 39.7. The van der Waals surface area contributed by atoms with Crippen molar-refractivity contribution < 1.29 is 31.9 Å². The van der Waals surface area contributed by atoms with Crippen LogP contribution in [0.4, 0.5) is 0 Å². The normalized spacial score (nSPS) is 17.9. The Morgan fingerprint density at radius 1 is 1.27 bits per heavy atom. The van der Waals surface area contributed by atoms with E-state index >= 15 is 0 Å². The van der Waals surface area contributed by atoms with Crippen molar-refractivity contribution in [2.75, 3.05) is 31.8 Å². The van der Waals surface area contributed by atoms with Gasteiger partial charge in [0.1, 0.15) is 5.58 Å². The summed E-state index contributed by atoms with van der Waals surface area (Å²) in [5.41, 5.74) is 1.10. The Hall–Kier alpha value is -2.39. The topological polar surface area (TPSA) is 103 Å². The van der Waals surface area contributed by atoms with Gasteiger partial charge >= 0.3 is 5.97 Å². The summed E-state index contributed by atoms with van der Waals surface area (Å²) in [5, 5.41) is 0.748. The van der Waals surface area contributed by atoms with Crippen LogP contribution >= 0.6 is 0 Å². The molecule has 0 saturated carbocycles. The van der Waals surface area contributed by atoms with Gasteiger partial charge in [0, 0.05) is 30.6 Å². The zero-order valence-corrected chi connectivity index (χ0v) is 18.1. The maximum atomic E-state index is 12.8. The van der Waals surface area contributed by atoms with Crippen molar-refractivity contribution in [2.24, 2.45) is 0 Å². The number of hydrogen-bond acceptors (Lipinski definition) is 7. The van der Waals surface area contributed by atoms with E-state index in [9.17, 15) is 18.0 Å². The number of hydrogen-bond donors (Lipinski definition) is 0. The van der Waals surface area contributed by atoms with Gasteiger partial charge in [0.05, 0.1) is 18.1 Å². The molecule has 0 N–H and O–H groups in total. The molecule has 30 heavy (non-hydrogen) atoms. The molecule has 1 unspecified atom stereocenters. The fourth-order valence-corrected chi connectivity index (χ4v) is 5.42. The summed E-state index contributed by atoms with van der Waals surface area (Å²) in [6.07, 6.45) is 2.02. The first-order valence-corrected chi connectivity index (χ1v) is 11.8. The smallest absolute Gasteiger partial charge is 0.375 e. The number of benzene rings is 1. The van der Waals surface area contributed by atoms with E-state index < -0.39 is 28.3 Å². The second-order valence-corrected chi connectivity index (χ2v) is 9.64. The van der Waals surface area contributed by atoms with E-state index in [2.05, 4.69) is 0 Å². The molecule has 1 aliphatic heterocycles. The lowest BCUT2D eigenvalue weighted by Gasteiger charge is -2.28. The number of furan rings is 1. The molecule has 1 saturated heterocycles. The molecule has 9 heteroatoms. The number of nitrogens with zero attached hydrogens (tertiary/aromatic N) is 1. The lowest BCUT2D eigenvalue weighted by Crippen LogP contribution is -2.43. The molecular formula is C21H27NO7S. The molecule has 2 heterocycles. The summed E-state index contributed by atoms with van der Waals surface area (Å²) >= 11 is 0. The number of unbranched alkanes of at least 4 members (excludes halogenated alkanes) is 1. The number of ether oxygens (including phenoxy) is 2. The van der Waals surface area contributed by atoms with Gasteiger partial charge < -0.3 is 18.8 Å². The largest absolute Gasteiger partial charge is 0.450 e. The summed E-state index contributed by atoms with van der Waals surface area (Å²) in [5.74, 6) is -1.11. The Labute approximate surface area is 176 Å². The van der Waals surface area contributed by atoms with Crippen LogP contribution in [0, 0.1) is 0 Å². The summed E-state index contributed by atoms with van der Waals surface area (Å²) in [6, 6.07) is 6.81. The molecule has 0 aliphatic carbocycles. The SMILES string of the molecule is CCCCN(C(=O)COC(=O)c1oc2ccccc2c1COC)C1CCS(=O)(=O)C1. The molecule has 3 rings (SSSR count). The monoisotopic (exact) mass is 437 g/mol. The van der Waals surface area contributed by atoms with E-state index in [0.29, 0.717) is 24.1 Å². The van der Waals surface area contributed by atoms with Crippen LogP contribution in [0.1, 0.15) is 42.3 Å². The third-order valence-electron chi connectivity index (χ3n) is 5.22. The van der Waals surface area contributed by atoms with Crippen LogP contribution in [0.15, 0.2) is 28.7 Å². The molecule has 1 aromatic heterocycles. The van der Waals surface area contributed by atoms with E-state index in [1.54, 1.807) is 12.1 Å². The molecule has 1 fully saturated rings. The van der Waals surface area contributed by atoms with E-state index in [4.69, 9.17) is 13.9 Å². The van der Waals surface area contributed by atoms with Gasteiger partial charge in [-0.2, -0.15) is 0 Å². The maximum absolute atomic E-state index is 12.8. The second kappa shape index (κ2) is 9.61. The first kappa shape index (κ1) is 22.3. The summed E-state index contributed by atoms with van der Waals surface area (Å²) in [6.45, 7) is 2.13. The summed E-state index contributed by atoms with van der Waals surface area (Å²) in [4.78, 5) is 26.9. The van der Waals surface area contributed by atoms with Crippen molar-refractivity contribution in [1.29, 1.82) is 0 Å². The number of amides is 1. The first-order chi connectivity index (χ1) is 14.4. The van der Waals surface area contributed by atoms with Crippen LogP contribution in [-0.2, 0) is 30.7 Å². The van der Waals surface area contributed by atoms with Crippen molar-refractivity contribution >= 4 is 32.7 Å². The Morgan fingerprint density at radius 2 is 2.03 bits per heavy atom. The zero-order valence-electron chi connectivity index (χ0n) is 17.3. The molecule has 1 atom stereocenters. The molecule has 0 bridgehead atoms. The van der Waals surface area contributed by atoms with Gasteiger partial charge in [-0.05, 0) is 18.9 Å².